The number of fused-ring (bicyclic) bond motifs is 1. The number of ether oxygens (including phenoxy) is 2. The van der Waals surface area contributed by atoms with Gasteiger partial charge in [-0.1, -0.05) is 23.7 Å². The average Bonchev–Trinajstić information content (AvgIpc) is 3.10. The minimum atomic E-state index is -0.728. The quantitative estimate of drug-likeness (QED) is 0.330. The number of benzene rings is 2. The van der Waals surface area contributed by atoms with Crippen LogP contribution in [0.25, 0.3) is 22.2 Å². The average molecular weight is 468 g/mol. The van der Waals surface area contributed by atoms with Crippen molar-refractivity contribution >= 4 is 40.2 Å². The molecular weight excluding hydrogens is 444 g/mol. The molecule has 0 aliphatic rings. The number of aryl methyl sites for hydroxylation is 2. The minimum Gasteiger partial charge on any atom is -0.497 e. The molecule has 170 valence electrons. The first-order valence-corrected chi connectivity index (χ1v) is 10.6. The van der Waals surface area contributed by atoms with Gasteiger partial charge in [-0.2, -0.15) is 0 Å². The molecule has 0 fully saturated rings. The van der Waals surface area contributed by atoms with E-state index >= 15 is 0 Å². The molecule has 0 aliphatic carbocycles. The molecule has 0 saturated carbocycles. The molecule has 0 bridgehead atoms. The van der Waals surface area contributed by atoms with Gasteiger partial charge >= 0.3 is 5.97 Å². The van der Waals surface area contributed by atoms with E-state index in [-0.39, 0.29) is 29.1 Å². The first-order valence-electron chi connectivity index (χ1n) is 10.2. The number of esters is 1. The largest absolute Gasteiger partial charge is 0.497 e. The van der Waals surface area contributed by atoms with Crippen molar-refractivity contribution in [2.45, 2.75) is 20.1 Å². The lowest BCUT2D eigenvalue weighted by molar-refractivity contribution is -0.656. The zero-order chi connectivity index (χ0) is 23.7. The molecule has 2 heterocycles. The predicted molar refractivity (Wildman–Crippen MR) is 126 cm³/mol. The Bertz CT molecular complexity index is 1350. The maximum absolute atomic E-state index is 12.6. The number of rotatable bonds is 6. The SMILES string of the molecule is CCn1c(COC(=O)c2nc(Cl)c(N)nc2N)[n+](C)c2cc(-c3ccc(OC)cc3)ccc21. The fourth-order valence-electron chi connectivity index (χ4n) is 3.76. The Morgan fingerprint density at radius 1 is 1.09 bits per heavy atom. The molecule has 4 N–H and O–H groups in total. The number of nitrogen functional groups attached to an aromatic ring is 2. The summed E-state index contributed by atoms with van der Waals surface area (Å²) < 4.78 is 14.8. The number of nitrogens with zero attached hydrogens (tertiary/aromatic N) is 4. The summed E-state index contributed by atoms with van der Waals surface area (Å²) in [5, 5.41) is -0.101. The van der Waals surface area contributed by atoms with Gasteiger partial charge in [0.2, 0.25) is 0 Å². The lowest BCUT2D eigenvalue weighted by Crippen LogP contribution is -2.34. The highest BCUT2D eigenvalue weighted by molar-refractivity contribution is 6.31. The molecule has 0 amide bonds. The van der Waals surface area contributed by atoms with E-state index in [2.05, 4.69) is 32.7 Å². The van der Waals surface area contributed by atoms with Crippen molar-refractivity contribution in [2.24, 2.45) is 7.05 Å². The number of carbonyl (C=O) groups excluding carboxylic acids is 1. The monoisotopic (exact) mass is 467 g/mol. The molecule has 0 spiro atoms. The Morgan fingerprint density at radius 2 is 1.79 bits per heavy atom. The number of carbonyl (C=O) groups is 1. The van der Waals surface area contributed by atoms with E-state index in [9.17, 15) is 4.79 Å². The number of anilines is 2. The van der Waals surface area contributed by atoms with Gasteiger partial charge in [0, 0.05) is 0 Å². The second kappa shape index (κ2) is 8.95. The minimum absolute atomic E-state index is 0.0127. The van der Waals surface area contributed by atoms with Crippen LogP contribution >= 0.6 is 11.6 Å². The number of nitrogens with two attached hydrogens (primary N) is 2. The van der Waals surface area contributed by atoms with Gasteiger partial charge in [-0.05, 0) is 48.4 Å². The zero-order valence-electron chi connectivity index (χ0n) is 18.5. The van der Waals surface area contributed by atoms with Crippen LogP contribution in [-0.4, -0.2) is 27.6 Å². The molecule has 33 heavy (non-hydrogen) atoms. The second-order valence-corrected chi connectivity index (χ2v) is 7.72. The highest BCUT2D eigenvalue weighted by Crippen LogP contribution is 2.26. The van der Waals surface area contributed by atoms with Crippen molar-refractivity contribution in [3.8, 4) is 16.9 Å². The van der Waals surface area contributed by atoms with Crippen molar-refractivity contribution in [1.29, 1.82) is 0 Å². The highest BCUT2D eigenvalue weighted by atomic mass is 35.5. The summed E-state index contributed by atoms with van der Waals surface area (Å²) in [5.74, 6) is 0.705. The molecule has 0 aliphatic heterocycles. The summed E-state index contributed by atoms with van der Waals surface area (Å²) in [6.07, 6.45) is 0. The molecule has 0 unspecified atom stereocenters. The molecule has 4 aromatic rings. The van der Waals surface area contributed by atoms with Crippen LogP contribution in [0.3, 0.4) is 0 Å². The van der Waals surface area contributed by atoms with Crippen molar-refractivity contribution in [1.82, 2.24) is 14.5 Å². The highest BCUT2D eigenvalue weighted by Gasteiger charge is 2.25. The summed E-state index contributed by atoms with van der Waals surface area (Å²) in [6, 6.07) is 14.1. The van der Waals surface area contributed by atoms with E-state index in [4.69, 9.17) is 32.5 Å². The summed E-state index contributed by atoms with van der Waals surface area (Å²) in [6.45, 7) is 2.74. The third-order valence-corrected chi connectivity index (χ3v) is 5.77. The van der Waals surface area contributed by atoms with Crippen LogP contribution < -0.4 is 20.8 Å². The van der Waals surface area contributed by atoms with Crippen molar-refractivity contribution in [3.05, 3.63) is 59.1 Å². The van der Waals surface area contributed by atoms with Crippen LogP contribution in [0.15, 0.2) is 42.5 Å². The van der Waals surface area contributed by atoms with Gasteiger partial charge in [-0.15, -0.1) is 0 Å². The number of imidazole rings is 1. The van der Waals surface area contributed by atoms with Crippen molar-refractivity contribution in [2.75, 3.05) is 18.6 Å². The number of halogens is 1. The van der Waals surface area contributed by atoms with Crippen molar-refractivity contribution in [3.63, 3.8) is 0 Å². The van der Waals surface area contributed by atoms with Gasteiger partial charge in [0.25, 0.3) is 5.82 Å². The predicted octanol–water partition coefficient (Wildman–Crippen LogP) is 3.13. The van der Waals surface area contributed by atoms with Crippen molar-refractivity contribution < 1.29 is 18.8 Å². The van der Waals surface area contributed by atoms with Gasteiger partial charge in [-0.25, -0.2) is 23.9 Å². The molecule has 2 aromatic heterocycles. The van der Waals surface area contributed by atoms with Gasteiger partial charge in [0.15, 0.2) is 40.1 Å². The van der Waals surface area contributed by atoms with Crippen LogP contribution in [-0.2, 0) is 24.9 Å². The van der Waals surface area contributed by atoms with E-state index in [0.29, 0.717) is 6.54 Å². The Balaban J connectivity index is 1.65. The fraction of sp³-hybridized carbons (Fsp3) is 0.217. The molecule has 0 saturated heterocycles. The zero-order valence-corrected chi connectivity index (χ0v) is 19.3. The summed E-state index contributed by atoms with van der Waals surface area (Å²) in [5.41, 5.74) is 15.3. The molecule has 2 aromatic carbocycles. The summed E-state index contributed by atoms with van der Waals surface area (Å²) >= 11 is 5.88. The maximum Gasteiger partial charge on any atom is 0.361 e. The number of hydrogen-bond donors (Lipinski definition) is 2. The molecule has 0 radical (unpaired) electrons. The van der Waals surface area contributed by atoms with Crippen LogP contribution in [0.2, 0.25) is 5.15 Å². The van der Waals surface area contributed by atoms with Crippen LogP contribution in [0.5, 0.6) is 5.75 Å². The smallest absolute Gasteiger partial charge is 0.361 e. The second-order valence-electron chi connectivity index (χ2n) is 7.36. The fourth-order valence-corrected chi connectivity index (χ4v) is 3.89. The van der Waals surface area contributed by atoms with E-state index < -0.39 is 5.97 Å². The van der Waals surface area contributed by atoms with Crippen LogP contribution in [0.4, 0.5) is 11.6 Å². The van der Waals surface area contributed by atoms with Gasteiger partial charge < -0.3 is 20.9 Å². The standard InChI is InChI=1S/C23H23ClN6O3/c1-4-30-16-10-7-14(13-5-8-15(32-3)9-6-13)11-17(16)29(2)18(30)12-33-23(31)19-21(25)28-22(26)20(24)27-19/h5-11H,4,12H2,1-3H3,(H3-,25,26,28,31)/p+1. The Hall–Kier alpha value is -3.85. The normalized spacial score (nSPS) is 11.0. The Morgan fingerprint density at radius 3 is 2.45 bits per heavy atom. The van der Waals surface area contributed by atoms with E-state index in [1.54, 1.807) is 7.11 Å². The summed E-state index contributed by atoms with van der Waals surface area (Å²) in [4.78, 5) is 20.3. The van der Waals surface area contributed by atoms with E-state index in [1.165, 1.54) is 0 Å². The lowest BCUT2D eigenvalue weighted by Gasteiger charge is -2.06. The third-order valence-electron chi connectivity index (χ3n) is 5.50. The number of methoxy groups -OCH3 is 1. The lowest BCUT2D eigenvalue weighted by atomic mass is 10.0. The van der Waals surface area contributed by atoms with E-state index in [1.807, 2.05) is 42.8 Å². The summed E-state index contributed by atoms with van der Waals surface area (Å²) in [7, 11) is 3.58. The Labute approximate surface area is 195 Å². The van der Waals surface area contributed by atoms with Crippen LogP contribution in [0.1, 0.15) is 23.2 Å². The van der Waals surface area contributed by atoms with E-state index in [0.717, 1.165) is 33.7 Å². The molecular formula is C23H24ClN6O3+. The van der Waals surface area contributed by atoms with Crippen LogP contribution in [0, 0.1) is 0 Å². The molecule has 9 nitrogen and oxygen atoms in total. The molecule has 10 heteroatoms. The third kappa shape index (κ3) is 4.14. The van der Waals surface area contributed by atoms with Gasteiger partial charge in [-0.3, -0.25) is 0 Å². The molecule has 0 atom stereocenters. The van der Waals surface area contributed by atoms with Gasteiger partial charge in [0.05, 0.1) is 20.7 Å². The topological polar surface area (TPSA) is 122 Å². The van der Waals surface area contributed by atoms with Gasteiger partial charge in [0.1, 0.15) is 5.75 Å². The first kappa shape index (κ1) is 22.3. The molecule has 4 rings (SSSR count). The Kier molecular flexibility index (Phi) is 6.06. The number of hydrogen-bond acceptors (Lipinski definition) is 7. The number of aromatic nitrogens is 4. The first-order chi connectivity index (χ1) is 15.8. The maximum atomic E-state index is 12.6.